The summed E-state index contributed by atoms with van der Waals surface area (Å²) in [6.07, 6.45) is -1.81. The van der Waals surface area contributed by atoms with Gasteiger partial charge in [-0.2, -0.15) is 0 Å². The molecule has 0 radical (unpaired) electrons. The third-order valence-electron chi connectivity index (χ3n) is 8.43. The van der Waals surface area contributed by atoms with E-state index in [2.05, 4.69) is 26.9 Å². The number of nitrogens with zero attached hydrogens (tertiary/aromatic N) is 3. The highest BCUT2D eigenvalue weighted by Crippen LogP contribution is 2.65. The van der Waals surface area contributed by atoms with Crippen molar-refractivity contribution in [2.24, 2.45) is 5.92 Å². The van der Waals surface area contributed by atoms with Crippen LogP contribution in [0.25, 0.3) is 0 Å². The molecule has 39 heavy (non-hydrogen) atoms. The fourth-order valence-electron chi connectivity index (χ4n) is 6.31. The van der Waals surface area contributed by atoms with Crippen molar-refractivity contribution in [3.63, 3.8) is 0 Å². The van der Waals surface area contributed by atoms with E-state index >= 15 is 0 Å². The molecule has 11 heteroatoms. The summed E-state index contributed by atoms with van der Waals surface area (Å²) < 4.78 is 69.7. The Balaban J connectivity index is 1.30. The van der Waals surface area contributed by atoms with E-state index in [1.54, 1.807) is 11.0 Å². The minimum atomic E-state index is -4.77. The Morgan fingerprint density at radius 1 is 1.10 bits per heavy atom. The zero-order valence-electron chi connectivity index (χ0n) is 21.8. The van der Waals surface area contributed by atoms with Crippen LogP contribution in [0.3, 0.4) is 0 Å². The molecule has 6 nitrogen and oxygen atoms in total. The van der Waals surface area contributed by atoms with Crippen molar-refractivity contribution in [2.45, 2.75) is 43.5 Å². The van der Waals surface area contributed by atoms with Gasteiger partial charge in [0.05, 0.1) is 0 Å². The Kier molecular flexibility index (Phi) is 7.74. The minimum Gasteiger partial charge on any atom is -0.406 e. The van der Waals surface area contributed by atoms with Crippen molar-refractivity contribution in [2.75, 3.05) is 51.6 Å². The number of carbonyl (C=O) groups excluding carboxylic acids is 1. The average Bonchev–Trinajstić information content (AvgIpc) is 3.50. The maximum atomic E-state index is 13.8. The lowest BCUT2D eigenvalue weighted by Gasteiger charge is -2.34. The van der Waals surface area contributed by atoms with Gasteiger partial charge in [-0.1, -0.05) is 12.1 Å². The molecule has 2 saturated carbocycles. The van der Waals surface area contributed by atoms with Crippen LogP contribution in [0.1, 0.15) is 31.2 Å². The van der Waals surface area contributed by atoms with Crippen LogP contribution in [-0.4, -0.2) is 79.5 Å². The number of ether oxygens (including phenoxy) is 1. The lowest BCUT2D eigenvalue weighted by Crippen LogP contribution is -2.47. The summed E-state index contributed by atoms with van der Waals surface area (Å²) >= 11 is 0. The molecule has 3 aliphatic rings. The SMILES string of the molecule is CN1CCN(CCCN(C(=O)Nc2ccc(F)c(F)c2)[C@@H]2CC[C@]3(c4cccc(OC(F)(F)F)c4)C[C@H]23)CC1. The lowest BCUT2D eigenvalue weighted by molar-refractivity contribution is -0.274. The molecule has 5 rings (SSSR count). The molecular formula is C28H33F5N4O2. The predicted molar refractivity (Wildman–Crippen MR) is 137 cm³/mol. The number of benzene rings is 2. The van der Waals surface area contributed by atoms with E-state index < -0.39 is 18.0 Å². The van der Waals surface area contributed by atoms with Gasteiger partial charge in [0, 0.05) is 55.9 Å². The number of rotatable bonds is 8. The van der Waals surface area contributed by atoms with Crippen LogP contribution >= 0.6 is 0 Å². The standard InChI is InChI=1S/C28H33F5N4O2/c1-35-12-14-36(15-13-35)10-3-11-37(26(38)34-20-6-7-23(29)24(30)17-20)25-8-9-27(18-22(25)27)19-4-2-5-21(16-19)39-28(31,32)33/h2,4-7,16-17,22,25H,3,8-15,18H2,1H3,(H,34,38)/t22-,25-,27-/m1/s1. The average molecular weight is 553 g/mol. The van der Waals surface area contributed by atoms with Crippen LogP contribution in [0.15, 0.2) is 42.5 Å². The number of amides is 2. The van der Waals surface area contributed by atoms with Crippen LogP contribution in [0, 0.1) is 17.6 Å². The molecule has 0 unspecified atom stereocenters. The van der Waals surface area contributed by atoms with Gasteiger partial charge >= 0.3 is 12.4 Å². The number of halogens is 5. The van der Waals surface area contributed by atoms with Gasteiger partial charge in [-0.15, -0.1) is 13.2 Å². The summed E-state index contributed by atoms with van der Waals surface area (Å²) in [5.74, 6) is -2.19. The van der Waals surface area contributed by atoms with Gasteiger partial charge in [-0.05, 0) is 75.0 Å². The van der Waals surface area contributed by atoms with Crippen molar-refractivity contribution in [3.8, 4) is 5.75 Å². The Labute approximate surface area is 224 Å². The molecule has 1 heterocycles. The summed E-state index contributed by atoms with van der Waals surface area (Å²) in [4.78, 5) is 19.9. The predicted octanol–water partition coefficient (Wildman–Crippen LogP) is 5.46. The van der Waals surface area contributed by atoms with Crippen LogP contribution in [0.2, 0.25) is 0 Å². The highest BCUT2D eigenvalue weighted by Gasteiger charge is 2.64. The Bertz CT molecular complexity index is 1190. The van der Waals surface area contributed by atoms with E-state index in [4.69, 9.17) is 0 Å². The summed E-state index contributed by atoms with van der Waals surface area (Å²) in [6, 6.07) is 8.88. The number of hydrogen-bond acceptors (Lipinski definition) is 4. The maximum Gasteiger partial charge on any atom is 0.573 e. The molecule has 0 aromatic heterocycles. The first-order valence-electron chi connectivity index (χ1n) is 13.3. The van der Waals surface area contributed by atoms with Gasteiger partial charge in [0.1, 0.15) is 5.75 Å². The topological polar surface area (TPSA) is 48.0 Å². The number of anilines is 1. The van der Waals surface area contributed by atoms with Crippen LogP contribution < -0.4 is 10.1 Å². The first-order valence-corrected chi connectivity index (χ1v) is 13.3. The summed E-state index contributed by atoms with van der Waals surface area (Å²) in [5.41, 5.74) is 0.656. The van der Waals surface area contributed by atoms with Gasteiger partial charge in [0.15, 0.2) is 11.6 Å². The monoisotopic (exact) mass is 552 g/mol. The summed E-state index contributed by atoms with van der Waals surface area (Å²) in [6.45, 7) is 5.22. The minimum absolute atomic E-state index is 0.0953. The van der Waals surface area contributed by atoms with Gasteiger partial charge in [0.25, 0.3) is 0 Å². The molecule has 2 aromatic rings. The zero-order valence-corrected chi connectivity index (χ0v) is 21.8. The largest absolute Gasteiger partial charge is 0.573 e. The summed E-state index contributed by atoms with van der Waals surface area (Å²) in [5, 5.41) is 2.72. The first-order chi connectivity index (χ1) is 18.5. The molecule has 1 aliphatic heterocycles. The molecule has 2 aliphatic carbocycles. The Hall–Kier alpha value is -2.92. The quantitative estimate of drug-likeness (QED) is 0.443. The molecule has 0 bridgehead atoms. The van der Waals surface area contributed by atoms with Gasteiger partial charge in [0.2, 0.25) is 0 Å². The normalized spacial score (nSPS) is 25.3. The van der Waals surface area contributed by atoms with Crippen molar-refractivity contribution >= 4 is 11.7 Å². The molecule has 2 aromatic carbocycles. The number of nitrogens with one attached hydrogen (secondary N) is 1. The molecule has 2 amide bonds. The number of piperazine rings is 1. The number of carbonyl (C=O) groups is 1. The van der Waals surface area contributed by atoms with Crippen molar-refractivity contribution in [3.05, 3.63) is 59.7 Å². The fraction of sp³-hybridized carbons (Fsp3) is 0.536. The maximum absolute atomic E-state index is 13.8. The zero-order chi connectivity index (χ0) is 27.8. The van der Waals surface area contributed by atoms with Crippen LogP contribution in [0.4, 0.5) is 32.4 Å². The molecule has 0 spiro atoms. The van der Waals surface area contributed by atoms with E-state index in [1.807, 2.05) is 6.07 Å². The van der Waals surface area contributed by atoms with E-state index in [0.717, 1.165) is 69.7 Å². The van der Waals surface area contributed by atoms with Gasteiger partial charge in [-0.3, -0.25) is 0 Å². The molecule has 1 N–H and O–H groups in total. The highest BCUT2D eigenvalue weighted by atomic mass is 19.4. The number of alkyl halides is 3. The van der Waals surface area contributed by atoms with E-state index in [1.165, 1.54) is 18.2 Å². The van der Waals surface area contributed by atoms with Crippen molar-refractivity contribution in [1.29, 1.82) is 0 Å². The molecule has 1 saturated heterocycles. The van der Waals surface area contributed by atoms with Crippen molar-refractivity contribution < 1.29 is 31.5 Å². The van der Waals surface area contributed by atoms with Crippen molar-refractivity contribution in [1.82, 2.24) is 14.7 Å². The second-order valence-electron chi connectivity index (χ2n) is 10.9. The number of hydrogen-bond donors (Lipinski definition) is 1. The molecule has 212 valence electrons. The van der Waals surface area contributed by atoms with Crippen LogP contribution in [-0.2, 0) is 5.41 Å². The fourth-order valence-corrected chi connectivity index (χ4v) is 6.31. The first kappa shape index (κ1) is 27.6. The third-order valence-corrected chi connectivity index (χ3v) is 8.43. The molecule has 3 atom stereocenters. The second-order valence-corrected chi connectivity index (χ2v) is 10.9. The van der Waals surface area contributed by atoms with E-state index in [0.29, 0.717) is 13.0 Å². The lowest BCUT2D eigenvalue weighted by atomic mass is 9.93. The van der Waals surface area contributed by atoms with E-state index in [-0.39, 0.29) is 34.8 Å². The smallest absolute Gasteiger partial charge is 0.406 e. The Morgan fingerprint density at radius 2 is 1.87 bits per heavy atom. The van der Waals surface area contributed by atoms with Crippen LogP contribution in [0.5, 0.6) is 5.75 Å². The van der Waals surface area contributed by atoms with Gasteiger partial charge < -0.3 is 24.8 Å². The van der Waals surface area contributed by atoms with Gasteiger partial charge in [-0.25, -0.2) is 13.6 Å². The third kappa shape index (κ3) is 6.30. The molecular weight excluding hydrogens is 519 g/mol. The number of urea groups is 1. The number of fused-ring (bicyclic) bond motifs is 1. The second kappa shape index (κ2) is 10.9. The summed E-state index contributed by atoms with van der Waals surface area (Å²) in [7, 11) is 2.09. The highest BCUT2D eigenvalue weighted by molar-refractivity contribution is 5.89. The number of likely N-dealkylation sites (N-methyl/N-ethyl adjacent to an activating group) is 1. The molecule has 3 fully saturated rings. The van der Waals surface area contributed by atoms with E-state index in [9.17, 15) is 26.7 Å². The Morgan fingerprint density at radius 3 is 2.56 bits per heavy atom.